The van der Waals surface area contributed by atoms with Crippen molar-refractivity contribution in [1.29, 1.82) is 0 Å². The lowest BCUT2D eigenvalue weighted by Crippen LogP contribution is -2.42. The third kappa shape index (κ3) is 22.8. The zero-order valence-corrected chi connectivity index (χ0v) is 29.7. The predicted octanol–water partition coefficient (Wildman–Crippen LogP) is 10.3. The van der Waals surface area contributed by atoms with Crippen LogP contribution in [0.1, 0.15) is 181 Å². The average Bonchev–Trinajstić information content (AvgIpc) is 3.36. The summed E-state index contributed by atoms with van der Waals surface area (Å²) in [6, 6.07) is 0. The summed E-state index contributed by atoms with van der Waals surface area (Å²) in [6.07, 6.45) is 29.5. The van der Waals surface area contributed by atoms with Gasteiger partial charge in [0.2, 0.25) is 0 Å². The van der Waals surface area contributed by atoms with E-state index in [0.29, 0.717) is 10.1 Å². The van der Waals surface area contributed by atoms with Gasteiger partial charge in [0.25, 0.3) is 0 Å². The molecule has 0 radical (unpaired) electrons. The van der Waals surface area contributed by atoms with E-state index in [0.717, 1.165) is 38.5 Å². The van der Waals surface area contributed by atoms with E-state index in [2.05, 4.69) is 13.8 Å². The van der Waals surface area contributed by atoms with E-state index < -0.39 is 24.4 Å². The van der Waals surface area contributed by atoms with Gasteiger partial charge in [-0.1, -0.05) is 155 Å². The smallest absolute Gasteiger partial charge is 0.160 e. The zero-order valence-electron chi connectivity index (χ0n) is 28.0. The van der Waals surface area contributed by atoms with Crippen molar-refractivity contribution in [2.75, 3.05) is 13.2 Å². The largest absolute Gasteiger partial charge is 0.484 e. The Hall–Kier alpha value is -0.340. The van der Waals surface area contributed by atoms with Gasteiger partial charge in [-0.2, -0.15) is 0 Å². The van der Waals surface area contributed by atoms with Crippen molar-refractivity contribution in [2.24, 2.45) is 0 Å². The van der Waals surface area contributed by atoms with Crippen LogP contribution in [0.2, 0.25) is 0 Å². The molecule has 1 aliphatic heterocycles. The molecule has 1 aliphatic rings. The molecule has 0 aromatic rings. The van der Waals surface area contributed by atoms with Gasteiger partial charge in [-0.3, -0.25) is 0 Å². The van der Waals surface area contributed by atoms with Gasteiger partial charge < -0.3 is 24.4 Å². The molecule has 0 aliphatic carbocycles. The molecule has 1 saturated heterocycles. The molecule has 0 amide bonds. The van der Waals surface area contributed by atoms with E-state index in [9.17, 15) is 10.2 Å². The van der Waals surface area contributed by atoms with Crippen molar-refractivity contribution in [1.82, 2.24) is 0 Å². The summed E-state index contributed by atoms with van der Waals surface area (Å²) < 4.78 is 17.1. The minimum Gasteiger partial charge on any atom is -0.484 e. The lowest BCUT2D eigenvalue weighted by molar-refractivity contribution is -0.0657. The van der Waals surface area contributed by atoms with Gasteiger partial charge in [-0.25, -0.2) is 0 Å². The lowest BCUT2D eigenvalue weighted by Gasteiger charge is -2.23. The molecule has 5 nitrogen and oxygen atoms in total. The van der Waals surface area contributed by atoms with Crippen LogP contribution in [0.5, 0.6) is 0 Å². The van der Waals surface area contributed by atoms with Crippen LogP contribution in [0.4, 0.5) is 0 Å². The number of thiocarbonyl (C=S) groups is 2. The van der Waals surface area contributed by atoms with Crippen LogP contribution in [0.3, 0.4) is 0 Å². The first-order valence-electron chi connectivity index (χ1n) is 18.3. The van der Waals surface area contributed by atoms with Gasteiger partial charge in [-0.05, 0) is 37.3 Å². The van der Waals surface area contributed by atoms with E-state index in [1.54, 1.807) is 0 Å². The number of unbranched alkanes of at least 4 members (excludes halogenated alkanes) is 22. The quantitative estimate of drug-likeness (QED) is 0.0596. The first kappa shape index (κ1) is 40.7. The maximum Gasteiger partial charge on any atom is 0.160 e. The van der Waals surface area contributed by atoms with Gasteiger partial charge in [0.15, 0.2) is 16.2 Å². The van der Waals surface area contributed by atoms with Crippen molar-refractivity contribution in [3.05, 3.63) is 0 Å². The fourth-order valence-corrected chi connectivity index (χ4v) is 6.33. The van der Waals surface area contributed by atoms with Crippen LogP contribution >= 0.6 is 24.4 Å². The highest BCUT2D eigenvalue weighted by atomic mass is 32.1. The first-order valence-corrected chi connectivity index (χ1v) is 19.1. The standard InChI is InChI=1S/C36H68O5S2/c1-3-5-7-9-11-13-15-17-19-21-23-25-27-33(42)39-29-31(37)36-35(38)32(30-40-36)41-34(43)28-26-24-22-20-18-16-14-12-10-8-6-4-2/h31-32,35-38H,3-30H2,1-2H3/t31-,32+,35-,36-/m1/s1. The molecule has 0 unspecified atom stereocenters. The molecule has 43 heavy (non-hydrogen) atoms. The number of rotatable bonds is 30. The van der Waals surface area contributed by atoms with Crippen molar-refractivity contribution in [3.63, 3.8) is 0 Å². The Bertz CT molecular complexity index is 662. The molecule has 254 valence electrons. The normalized spacial score (nSPS) is 19.0. The Morgan fingerprint density at radius 1 is 0.628 bits per heavy atom. The summed E-state index contributed by atoms with van der Waals surface area (Å²) in [5.74, 6) is 0. The molecule has 0 saturated carbocycles. The van der Waals surface area contributed by atoms with Gasteiger partial charge in [-0.15, -0.1) is 0 Å². The number of hydrogen-bond acceptors (Lipinski definition) is 7. The van der Waals surface area contributed by atoms with Crippen LogP contribution in [-0.2, 0) is 14.2 Å². The number of aliphatic hydroxyl groups excluding tert-OH is 2. The summed E-state index contributed by atoms with van der Waals surface area (Å²) in [5.41, 5.74) is 0. The van der Waals surface area contributed by atoms with Crippen molar-refractivity contribution in [3.8, 4) is 0 Å². The van der Waals surface area contributed by atoms with Crippen molar-refractivity contribution < 1.29 is 24.4 Å². The minimum absolute atomic E-state index is 0.0227. The fourth-order valence-electron chi connectivity index (χ4n) is 5.85. The average molecular weight is 645 g/mol. The third-order valence-corrected chi connectivity index (χ3v) is 9.34. The highest BCUT2D eigenvalue weighted by molar-refractivity contribution is 7.80. The number of hydrogen-bond donors (Lipinski definition) is 2. The highest BCUT2D eigenvalue weighted by Crippen LogP contribution is 2.22. The molecule has 1 heterocycles. The van der Waals surface area contributed by atoms with E-state index in [1.165, 1.54) is 128 Å². The zero-order chi connectivity index (χ0) is 31.4. The molecule has 0 aromatic carbocycles. The molecule has 1 rings (SSSR count). The summed E-state index contributed by atoms with van der Waals surface area (Å²) in [4.78, 5) is 0. The van der Waals surface area contributed by atoms with Crippen molar-refractivity contribution >= 4 is 34.5 Å². The predicted molar refractivity (Wildman–Crippen MR) is 189 cm³/mol. The molecule has 2 N–H and O–H groups in total. The van der Waals surface area contributed by atoms with Crippen LogP contribution in [0.25, 0.3) is 0 Å². The molecule has 7 heteroatoms. The first-order chi connectivity index (χ1) is 21.0. The SMILES string of the molecule is CCCCCCCCCCCCCCC(=S)OC[C@@H](O)[C@H]1OC[C@H](OC(=S)CCCCCCCCCCCCCC)[C@H]1O. The van der Waals surface area contributed by atoms with E-state index >= 15 is 0 Å². The van der Waals surface area contributed by atoms with Crippen LogP contribution in [0.15, 0.2) is 0 Å². The third-order valence-electron chi connectivity index (χ3n) is 8.72. The summed E-state index contributed by atoms with van der Waals surface area (Å²) in [6.45, 7) is 4.77. The van der Waals surface area contributed by atoms with Gasteiger partial charge in [0.1, 0.15) is 24.9 Å². The topological polar surface area (TPSA) is 68.2 Å². The highest BCUT2D eigenvalue weighted by Gasteiger charge is 2.42. The molecular formula is C36H68O5S2. The van der Waals surface area contributed by atoms with Gasteiger partial charge >= 0.3 is 0 Å². The molecule has 0 bridgehead atoms. The van der Waals surface area contributed by atoms with E-state index in [1.807, 2.05) is 0 Å². The fraction of sp³-hybridized carbons (Fsp3) is 0.944. The minimum atomic E-state index is -0.964. The summed E-state index contributed by atoms with van der Waals surface area (Å²) >= 11 is 10.8. The molecular weight excluding hydrogens is 577 g/mol. The van der Waals surface area contributed by atoms with Crippen LogP contribution in [0, 0.1) is 0 Å². The maximum atomic E-state index is 10.7. The van der Waals surface area contributed by atoms with E-state index in [4.69, 9.17) is 38.6 Å². The second-order valence-corrected chi connectivity index (χ2v) is 13.8. The molecule has 4 atom stereocenters. The van der Waals surface area contributed by atoms with E-state index in [-0.39, 0.29) is 13.2 Å². The second kappa shape index (κ2) is 29.1. The molecule has 0 aromatic heterocycles. The summed E-state index contributed by atoms with van der Waals surface area (Å²) in [5, 5.41) is 22.3. The van der Waals surface area contributed by atoms with Crippen LogP contribution in [-0.4, -0.2) is 57.9 Å². The lowest BCUT2D eigenvalue weighted by atomic mass is 10.0. The molecule has 1 fully saturated rings. The molecule has 0 spiro atoms. The van der Waals surface area contributed by atoms with Crippen molar-refractivity contribution in [2.45, 2.75) is 205 Å². The number of aliphatic hydroxyl groups is 2. The Morgan fingerprint density at radius 3 is 1.42 bits per heavy atom. The number of ether oxygens (including phenoxy) is 3. The second-order valence-electron chi connectivity index (χ2n) is 12.8. The maximum absolute atomic E-state index is 10.7. The Balaban J connectivity index is 2.00. The Morgan fingerprint density at radius 2 is 1.00 bits per heavy atom. The van der Waals surface area contributed by atoms with Gasteiger partial charge in [0, 0.05) is 12.8 Å². The monoisotopic (exact) mass is 644 g/mol. The van der Waals surface area contributed by atoms with Crippen LogP contribution < -0.4 is 0 Å². The Labute approximate surface area is 276 Å². The van der Waals surface area contributed by atoms with Gasteiger partial charge in [0.05, 0.1) is 6.61 Å². The Kier molecular flexibility index (Phi) is 27.5. The summed E-state index contributed by atoms with van der Waals surface area (Å²) in [7, 11) is 0.